The highest BCUT2D eigenvalue weighted by molar-refractivity contribution is 5.20. The van der Waals surface area contributed by atoms with Crippen LogP contribution in [-0.4, -0.2) is 18.0 Å². The molecule has 2 unspecified atom stereocenters. The first-order valence-electron chi connectivity index (χ1n) is 5.49. The van der Waals surface area contributed by atoms with Gasteiger partial charge in [0.25, 0.3) is 0 Å². The van der Waals surface area contributed by atoms with E-state index < -0.39 is 17.5 Å². The van der Waals surface area contributed by atoms with Crippen LogP contribution < -0.4 is 0 Å². The Morgan fingerprint density at radius 3 is 2.31 bits per heavy atom. The van der Waals surface area contributed by atoms with Gasteiger partial charge in [0.15, 0.2) is 11.6 Å². The molecule has 0 amide bonds. The summed E-state index contributed by atoms with van der Waals surface area (Å²) in [7, 11) is 0. The Bertz CT molecular complexity index is 423. The zero-order valence-electron chi connectivity index (χ0n) is 8.72. The lowest BCUT2D eigenvalue weighted by Crippen LogP contribution is -2.22. The summed E-state index contributed by atoms with van der Waals surface area (Å²) in [6, 6.07) is 1.59. The monoisotopic (exact) mass is 227 g/mol. The van der Waals surface area contributed by atoms with Crippen molar-refractivity contribution in [1.82, 2.24) is 4.90 Å². The Morgan fingerprint density at radius 1 is 1.00 bits per heavy atom. The minimum absolute atomic E-state index is 0.250. The zero-order chi connectivity index (χ0) is 11.3. The van der Waals surface area contributed by atoms with E-state index >= 15 is 0 Å². The third-order valence-corrected chi connectivity index (χ3v) is 3.54. The van der Waals surface area contributed by atoms with Crippen LogP contribution in [0.4, 0.5) is 13.2 Å². The van der Waals surface area contributed by atoms with Crippen molar-refractivity contribution in [3.05, 3.63) is 35.1 Å². The van der Waals surface area contributed by atoms with Crippen LogP contribution in [-0.2, 0) is 6.54 Å². The van der Waals surface area contributed by atoms with E-state index in [4.69, 9.17) is 0 Å². The standard InChI is InChI=1S/C12H12F3N/c13-10-3-12(15)11(14)2-9(10)6-16-4-7-1-8(7)5-16/h2-3,7-8H,1,4-6H2. The quantitative estimate of drug-likeness (QED) is 0.702. The predicted octanol–water partition coefficient (Wildman–Crippen LogP) is 2.56. The molecule has 3 rings (SSSR count). The molecule has 1 heterocycles. The number of hydrogen-bond donors (Lipinski definition) is 0. The largest absolute Gasteiger partial charge is 0.298 e. The van der Waals surface area contributed by atoms with Gasteiger partial charge in [-0.25, -0.2) is 13.2 Å². The molecule has 1 saturated heterocycles. The molecule has 1 nitrogen and oxygen atoms in total. The maximum Gasteiger partial charge on any atom is 0.161 e. The van der Waals surface area contributed by atoms with E-state index in [1.807, 2.05) is 0 Å². The molecule has 2 aliphatic rings. The van der Waals surface area contributed by atoms with Gasteiger partial charge in [0, 0.05) is 31.3 Å². The van der Waals surface area contributed by atoms with E-state index in [-0.39, 0.29) is 5.56 Å². The number of piperidine rings is 1. The van der Waals surface area contributed by atoms with Crippen LogP contribution in [0.2, 0.25) is 0 Å². The molecule has 1 saturated carbocycles. The topological polar surface area (TPSA) is 3.24 Å². The number of rotatable bonds is 2. The van der Waals surface area contributed by atoms with Crippen LogP contribution in [0.15, 0.2) is 12.1 Å². The SMILES string of the molecule is Fc1cc(F)c(CN2CC3CC3C2)cc1F. The molecule has 86 valence electrons. The average Bonchev–Trinajstić information content (AvgIpc) is 2.83. The lowest BCUT2D eigenvalue weighted by molar-refractivity contribution is 0.291. The maximum atomic E-state index is 13.4. The fourth-order valence-corrected chi connectivity index (χ4v) is 2.55. The third kappa shape index (κ3) is 1.71. The van der Waals surface area contributed by atoms with Gasteiger partial charge < -0.3 is 0 Å². The van der Waals surface area contributed by atoms with Crippen LogP contribution in [0, 0.1) is 29.3 Å². The highest BCUT2D eigenvalue weighted by atomic mass is 19.2. The van der Waals surface area contributed by atoms with E-state index in [0.29, 0.717) is 12.6 Å². The second kappa shape index (κ2) is 3.48. The minimum atomic E-state index is -1.12. The van der Waals surface area contributed by atoms with Crippen molar-refractivity contribution in [2.24, 2.45) is 11.8 Å². The van der Waals surface area contributed by atoms with Gasteiger partial charge in [-0.05, 0) is 24.3 Å². The number of fused-ring (bicyclic) bond motifs is 1. The minimum Gasteiger partial charge on any atom is -0.298 e. The van der Waals surface area contributed by atoms with Crippen molar-refractivity contribution in [3.63, 3.8) is 0 Å². The highest BCUT2D eigenvalue weighted by Gasteiger charge is 2.44. The summed E-state index contributed by atoms with van der Waals surface area (Å²) in [6.07, 6.45) is 1.27. The summed E-state index contributed by atoms with van der Waals surface area (Å²) in [6.45, 7) is 2.31. The highest BCUT2D eigenvalue weighted by Crippen LogP contribution is 2.45. The van der Waals surface area contributed by atoms with Gasteiger partial charge in [0.2, 0.25) is 0 Å². The predicted molar refractivity (Wildman–Crippen MR) is 53.2 cm³/mol. The summed E-state index contributed by atoms with van der Waals surface area (Å²) in [5.74, 6) is -1.23. The smallest absolute Gasteiger partial charge is 0.161 e. The van der Waals surface area contributed by atoms with Crippen molar-refractivity contribution < 1.29 is 13.2 Å². The molecule has 0 N–H and O–H groups in total. The van der Waals surface area contributed by atoms with Crippen molar-refractivity contribution in [2.45, 2.75) is 13.0 Å². The lowest BCUT2D eigenvalue weighted by atomic mass is 10.2. The summed E-state index contributed by atoms with van der Waals surface area (Å²) >= 11 is 0. The van der Waals surface area contributed by atoms with Crippen LogP contribution in [0.1, 0.15) is 12.0 Å². The molecule has 0 spiro atoms. The molecule has 1 aromatic rings. The van der Waals surface area contributed by atoms with E-state index in [2.05, 4.69) is 4.90 Å². The summed E-state index contributed by atoms with van der Waals surface area (Å²) in [5.41, 5.74) is 0.250. The molecule has 0 bridgehead atoms. The Labute approximate surface area is 91.9 Å². The zero-order valence-corrected chi connectivity index (χ0v) is 8.72. The summed E-state index contributed by atoms with van der Waals surface area (Å²) in [4.78, 5) is 2.11. The van der Waals surface area contributed by atoms with Crippen molar-refractivity contribution in [3.8, 4) is 0 Å². The number of benzene rings is 1. The lowest BCUT2D eigenvalue weighted by Gasteiger charge is -2.17. The molecule has 2 fully saturated rings. The van der Waals surface area contributed by atoms with Crippen molar-refractivity contribution >= 4 is 0 Å². The average molecular weight is 227 g/mol. The second-order valence-electron chi connectivity index (χ2n) is 4.81. The molecule has 16 heavy (non-hydrogen) atoms. The van der Waals surface area contributed by atoms with Gasteiger partial charge in [-0.15, -0.1) is 0 Å². The first-order valence-corrected chi connectivity index (χ1v) is 5.49. The molecule has 4 heteroatoms. The Hall–Kier alpha value is -1.03. The van der Waals surface area contributed by atoms with Gasteiger partial charge in [0.1, 0.15) is 5.82 Å². The van der Waals surface area contributed by atoms with E-state index in [1.54, 1.807) is 0 Å². The fourth-order valence-electron chi connectivity index (χ4n) is 2.55. The molecular weight excluding hydrogens is 215 g/mol. The number of halogens is 3. The molecule has 1 aliphatic carbocycles. The van der Waals surface area contributed by atoms with Crippen LogP contribution in [0.5, 0.6) is 0 Å². The van der Waals surface area contributed by atoms with E-state index in [0.717, 1.165) is 31.0 Å². The van der Waals surface area contributed by atoms with Gasteiger partial charge in [-0.3, -0.25) is 4.90 Å². The first-order chi connectivity index (χ1) is 7.63. The van der Waals surface area contributed by atoms with E-state index in [9.17, 15) is 13.2 Å². The summed E-state index contributed by atoms with van der Waals surface area (Å²) < 4.78 is 39.0. The molecule has 1 aliphatic heterocycles. The number of likely N-dealkylation sites (tertiary alicyclic amines) is 1. The fraction of sp³-hybridized carbons (Fsp3) is 0.500. The first kappa shape index (κ1) is 10.1. The van der Waals surface area contributed by atoms with Gasteiger partial charge >= 0.3 is 0 Å². The van der Waals surface area contributed by atoms with Crippen molar-refractivity contribution in [1.29, 1.82) is 0 Å². The number of hydrogen-bond acceptors (Lipinski definition) is 1. The molecule has 0 radical (unpaired) electrons. The second-order valence-corrected chi connectivity index (χ2v) is 4.81. The van der Waals surface area contributed by atoms with Gasteiger partial charge in [-0.2, -0.15) is 0 Å². The van der Waals surface area contributed by atoms with Gasteiger partial charge in [0.05, 0.1) is 0 Å². The normalized spacial score (nSPS) is 28.2. The van der Waals surface area contributed by atoms with Crippen molar-refractivity contribution in [2.75, 3.05) is 13.1 Å². The molecule has 1 aromatic carbocycles. The van der Waals surface area contributed by atoms with Crippen LogP contribution in [0.3, 0.4) is 0 Å². The van der Waals surface area contributed by atoms with E-state index in [1.165, 1.54) is 6.42 Å². The third-order valence-electron chi connectivity index (χ3n) is 3.54. The Kier molecular flexibility index (Phi) is 2.21. The molecular formula is C12H12F3N. The van der Waals surface area contributed by atoms with Gasteiger partial charge in [-0.1, -0.05) is 0 Å². The Morgan fingerprint density at radius 2 is 1.62 bits per heavy atom. The summed E-state index contributed by atoms with van der Waals surface area (Å²) in [5, 5.41) is 0. The molecule has 0 aromatic heterocycles. The Balaban J connectivity index is 1.76. The van der Waals surface area contributed by atoms with Crippen LogP contribution in [0.25, 0.3) is 0 Å². The maximum absolute atomic E-state index is 13.4. The molecule has 2 atom stereocenters. The van der Waals surface area contributed by atoms with Crippen LogP contribution >= 0.6 is 0 Å². The number of nitrogens with zero attached hydrogens (tertiary/aromatic N) is 1.